The Morgan fingerprint density at radius 1 is 0.833 bits per heavy atom. The molecule has 4 heterocycles. The quantitative estimate of drug-likeness (QED) is 0.523. The first-order valence-electron chi connectivity index (χ1n) is 10.5. The number of hydrogen-bond donors (Lipinski definition) is 1. The summed E-state index contributed by atoms with van der Waals surface area (Å²) in [7, 11) is 0. The smallest absolute Gasteiger partial charge is 0.189 e. The van der Waals surface area contributed by atoms with E-state index in [4.69, 9.17) is 5.11 Å². The van der Waals surface area contributed by atoms with Gasteiger partial charge in [-0.25, -0.2) is 9.97 Å². The summed E-state index contributed by atoms with van der Waals surface area (Å²) in [5.74, 6) is 2.87. The first kappa shape index (κ1) is 21.1. The normalized spacial score (nSPS) is 18.2. The maximum Gasteiger partial charge on any atom is 0.189 e. The van der Waals surface area contributed by atoms with Gasteiger partial charge in [-0.3, -0.25) is 4.90 Å². The number of hydrogen-bond acceptors (Lipinski definition) is 10. The third-order valence-corrected chi connectivity index (χ3v) is 6.23. The van der Waals surface area contributed by atoms with Gasteiger partial charge in [0.2, 0.25) is 0 Å². The van der Waals surface area contributed by atoms with Crippen LogP contribution in [-0.4, -0.2) is 102 Å². The molecule has 2 aromatic heterocycles. The summed E-state index contributed by atoms with van der Waals surface area (Å²) >= 11 is 1.58. The van der Waals surface area contributed by atoms with Gasteiger partial charge >= 0.3 is 0 Å². The second-order valence-corrected chi connectivity index (χ2v) is 8.40. The van der Waals surface area contributed by atoms with Crippen molar-refractivity contribution < 1.29 is 5.11 Å². The topological polar surface area (TPSA) is 84.8 Å². The van der Waals surface area contributed by atoms with Crippen molar-refractivity contribution in [3.05, 3.63) is 23.9 Å². The van der Waals surface area contributed by atoms with Crippen molar-refractivity contribution in [2.75, 3.05) is 86.5 Å². The van der Waals surface area contributed by atoms with Crippen molar-refractivity contribution in [3.8, 4) is 0 Å². The zero-order valence-electron chi connectivity index (χ0n) is 17.7. The number of thioether (sulfide) groups is 1. The molecule has 2 aliphatic heterocycles. The van der Waals surface area contributed by atoms with Crippen molar-refractivity contribution in [1.29, 1.82) is 0 Å². The van der Waals surface area contributed by atoms with E-state index in [2.05, 4.69) is 58.0 Å². The Morgan fingerprint density at radius 3 is 1.87 bits per heavy atom. The van der Waals surface area contributed by atoms with Gasteiger partial charge in [0.1, 0.15) is 5.82 Å². The average Bonchev–Trinajstić information content (AvgIpc) is 2.80. The number of aliphatic hydroxyl groups is 1. The highest BCUT2D eigenvalue weighted by molar-refractivity contribution is 7.98. The summed E-state index contributed by atoms with van der Waals surface area (Å²) in [6.07, 6.45) is 2.01. The van der Waals surface area contributed by atoms with Crippen LogP contribution in [0.5, 0.6) is 0 Å². The average molecular weight is 431 g/mol. The molecule has 0 aromatic carbocycles. The first-order chi connectivity index (χ1) is 14.7. The molecule has 1 N–H and O–H groups in total. The maximum absolute atomic E-state index is 9.08. The molecule has 0 bridgehead atoms. The van der Waals surface area contributed by atoms with Crippen LogP contribution in [0.25, 0.3) is 0 Å². The van der Waals surface area contributed by atoms with Crippen LogP contribution in [0, 0.1) is 6.92 Å². The molecule has 30 heavy (non-hydrogen) atoms. The van der Waals surface area contributed by atoms with Crippen molar-refractivity contribution >= 4 is 29.2 Å². The zero-order chi connectivity index (χ0) is 20.9. The SMILES string of the molecule is CSc1nc(C)cc(N2CCN(c3ccc(N4CCN(CCO)CC4)nn3)CC2)n1. The second-order valence-electron chi connectivity index (χ2n) is 7.63. The van der Waals surface area contributed by atoms with Gasteiger partial charge < -0.3 is 19.8 Å². The Labute approximate surface area is 182 Å². The molecule has 9 nitrogen and oxygen atoms in total. The van der Waals surface area contributed by atoms with Crippen LogP contribution < -0.4 is 14.7 Å². The number of anilines is 3. The number of rotatable bonds is 6. The molecule has 0 unspecified atom stereocenters. The first-order valence-corrected chi connectivity index (χ1v) is 11.7. The predicted octanol–water partition coefficient (Wildman–Crippen LogP) is 0.738. The van der Waals surface area contributed by atoms with Crippen LogP contribution in [-0.2, 0) is 0 Å². The molecule has 10 heteroatoms. The molecule has 0 aliphatic carbocycles. The van der Waals surface area contributed by atoms with Gasteiger partial charge in [-0.2, -0.15) is 0 Å². The van der Waals surface area contributed by atoms with Crippen LogP contribution in [0.2, 0.25) is 0 Å². The van der Waals surface area contributed by atoms with Crippen molar-refractivity contribution in [2.45, 2.75) is 12.1 Å². The van der Waals surface area contributed by atoms with E-state index in [0.29, 0.717) is 0 Å². The van der Waals surface area contributed by atoms with Crippen molar-refractivity contribution in [1.82, 2.24) is 25.1 Å². The molecule has 0 amide bonds. The molecule has 0 saturated carbocycles. The van der Waals surface area contributed by atoms with E-state index in [1.54, 1.807) is 11.8 Å². The van der Waals surface area contributed by atoms with Gasteiger partial charge in [-0.1, -0.05) is 11.8 Å². The summed E-state index contributed by atoms with van der Waals surface area (Å²) in [6.45, 7) is 10.3. The molecule has 4 rings (SSSR count). The standard InChI is InChI=1S/C20H30N8OS/c1-16-15-19(22-20(21-16)30-2)28-11-9-27(10-12-28)18-4-3-17(23-24-18)26-7-5-25(6-8-26)13-14-29/h3-4,15,29H,5-14H2,1-2H3. The lowest BCUT2D eigenvalue weighted by atomic mass is 10.3. The van der Waals surface area contributed by atoms with Crippen LogP contribution in [0.4, 0.5) is 17.5 Å². The largest absolute Gasteiger partial charge is 0.395 e. The van der Waals surface area contributed by atoms with Crippen LogP contribution in [0.15, 0.2) is 23.4 Å². The Kier molecular flexibility index (Phi) is 6.86. The Hall–Kier alpha value is -2.17. The molecule has 2 aliphatic rings. The van der Waals surface area contributed by atoms with Crippen LogP contribution in [0.3, 0.4) is 0 Å². The zero-order valence-corrected chi connectivity index (χ0v) is 18.6. The minimum absolute atomic E-state index is 0.220. The maximum atomic E-state index is 9.08. The fourth-order valence-corrected chi connectivity index (χ4v) is 4.36. The fourth-order valence-electron chi connectivity index (χ4n) is 3.94. The third kappa shape index (κ3) is 4.93. The third-order valence-electron chi connectivity index (χ3n) is 5.68. The van der Waals surface area contributed by atoms with Crippen molar-refractivity contribution in [2.24, 2.45) is 0 Å². The minimum Gasteiger partial charge on any atom is -0.395 e. The summed E-state index contributed by atoms with van der Waals surface area (Å²) < 4.78 is 0. The van der Waals surface area contributed by atoms with E-state index in [1.165, 1.54) is 0 Å². The highest BCUT2D eigenvalue weighted by atomic mass is 32.2. The number of β-amino-alcohol motifs (C(OH)–C–C–N with tert-alkyl or cyclic N) is 1. The lowest BCUT2D eigenvalue weighted by Crippen LogP contribution is -2.48. The van der Waals surface area contributed by atoms with Gasteiger partial charge in [-0.05, 0) is 25.3 Å². The summed E-state index contributed by atoms with van der Waals surface area (Å²) in [5, 5.41) is 18.9. The van der Waals surface area contributed by atoms with Gasteiger partial charge in [-0.15, -0.1) is 10.2 Å². The number of aliphatic hydroxyl groups excluding tert-OH is 1. The van der Waals surface area contributed by atoms with Gasteiger partial charge in [0.25, 0.3) is 0 Å². The van der Waals surface area contributed by atoms with Crippen LogP contribution >= 0.6 is 11.8 Å². The highest BCUT2D eigenvalue weighted by Crippen LogP contribution is 2.21. The molecule has 162 valence electrons. The van der Waals surface area contributed by atoms with Gasteiger partial charge in [0, 0.05) is 70.7 Å². The van der Waals surface area contributed by atoms with Gasteiger partial charge in [0.05, 0.1) is 6.61 Å². The number of aromatic nitrogens is 4. The molecule has 2 aromatic rings. The number of piperazine rings is 2. The summed E-state index contributed by atoms with van der Waals surface area (Å²) in [6, 6.07) is 6.22. The Bertz CT molecular complexity index is 820. The number of nitrogens with zero attached hydrogens (tertiary/aromatic N) is 8. The highest BCUT2D eigenvalue weighted by Gasteiger charge is 2.22. The summed E-state index contributed by atoms with van der Waals surface area (Å²) in [4.78, 5) is 18.3. The predicted molar refractivity (Wildman–Crippen MR) is 121 cm³/mol. The second kappa shape index (κ2) is 9.76. The van der Waals surface area contributed by atoms with E-state index in [0.717, 1.165) is 87.2 Å². The summed E-state index contributed by atoms with van der Waals surface area (Å²) in [5.41, 5.74) is 1.01. The lowest BCUT2D eigenvalue weighted by molar-refractivity contribution is 0.188. The van der Waals surface area contributed by atoms with E-state index in [-0.39, 0.29) is 6.61 Å². The fraction of sp³-hybridized carbons (Fsp3) is 0.600. The lowest BCUT2D eigenvalue weighted by Gasteiger charge is -2.36. The van der Waals surface area contributed by atoms with Crippen LogP contribution in [0.1, 0.15) is 5.69 Å². The molecular weight excluding hydrogens is 400 g/mol. The Morgan fingerprint density at radius 2 is 1.37 bits per heavy atom. The molecular formula is C20H30N8OS. The molecule has 2 saturated heterocycles. The minimum atomic E-state index is 0.220. The molecule has 0 radical (unpaired) electrons. The molecule has 0 spiro atoms. The van der Waals surface area contributed by atoms with E-state index in [1.807, 2.05) is 13.2 Å². The molecule has 2 fully saturated rings. The monoisotopic (exact) mass is 430 g/mol. The van der Waals surface area contributed by atoms with E-state index in [9.17, 15) is 0 Å². The van der Waals surface area contributed by atoms with Gasteiger partial charge in [0.15, 0.2) is 16.8 Å². The van der Waals surface area contributed by atoms with E-state index < -0.39 is 0 Å². The van der Waals surface area contributed by atoms with Crippen molar-refractivity contribution in [3.63, 3.8) is 0 Å². The molecule has 0 atom stereocenters. The Balaban J connectivity index is 1.33. The number of aryl methyl sites for hydroxylation is 1. The van der Waals surface area contributed by atoms with E-state index >= 15 is 0 Å².